The highest BCUT2D eigenvalue weighted by Crippen LogP contribution is 2.46. The normalized spacial score (nSPS) is 16.2. The van der Waals surface area contributed by atoms with Crippen molar-refractivity contribution in [3.63, 3.8) is 0 Å². The number of hydrogen-bond donors (Lipinski definition) is 0. The zero-order chi connectivity index (χ0) is 21.9. The van der Waals surface area contributed by atoms with Crippen LogP contribution in [0.1, 0.15) is 25.0 Å². The number of allylic oxidation sites excluding steroid dienone is 1. The molecule has 6 heteroatoms. The van der Waals surface area contributed by atoms with Gasteiger partial charge in [-0.25, -0.2) is 4.79 Å². The number of anilines is 1. The first kappa shape index (κ1) is 21.4. The molecule has 0 bridgehead atoms. The van der Waals surface area contributed by atoms with Crippen molar-refractivity contribution in [3.8, 4) is 6.07 Å². The number of halogens is 1. The van der Waals surface area contributed by atoms with Gasteiger partial charge in [0.2, 0.25) is 0 Å². The van der Waals surface area contributed by atoms with Crippen molar-refractivity contribution < 1.29 is 14.3 Å². The fourth-order valence-electron chi connectivity index (χ4n) is 3.53. The summed E-state index contributed by atoms with van der Waals surface area (Å²) < 4.78 is 5.08. The quantitative estimate of drug-likeness (QED) is 0.399. The van der Waals surface area contributed by atoms with Crippen LogP contribution < -0.4 is 4.90 Å². The number of hydrogen-bond acceptors (Lipinski definition) is 5. The van der Waals surface area contributed by atoms with E-state index in [9.17, 15) is 14.9 Å². The van der Waals surface area contributed by atoms with E-state index in [2.05, 4.69) is 0 Å². The van der Waals surface area contributed by atoms with Crippen LogP contribution in [0.2, 0.25) is 5.02 Å². The van der Waals surface area contributed by atoms with Crippen molar-refractivity contribution in [2.45, 2.75) is 19.3 Å². The molecule has 0 N–H and O–H groups in total. The second-order valence-electron chi connectivity index (χ2n) is 7.49. The van der Waals surface area contributed by atoms with Crippen LogP contribution in [0.25, 0.3) is 6.08 Å². The Hall–Kier alpha value is -3.36. The molecule has 152 valence electrons. The molecule has 1 aliphatic heterocycles. The minimum atomic E-state index is -0.846. The summed E-state index contributed by atoms with van der Waals surface area (Å²) >= 11 is 5.84. The molecule has 3 rings (SSSR count). The number of likely N-dealkylation sites (N-methyl/N-ethyl adjacent to an activating group) is 1. The molecule has 0 unspecified atom stereocenters. The van der Waals surface area contributed by atoms with E-state index in [-0.39, 0.29) is 16.8 Å². The number of rotatable bonds is 5. The second kappa shape index (κ2) is 8.56. The fourth-order valence-corrected chi connectivity index (χ4v) is 3.66. The summed E-state index contributed by atoms with van der Waals surface area (Å²) in [6, 6.07) is 16.4. The van der Waals surface area contributed by atoms with E-state index >= 15 is 0 Å². The van der Waals surface area contributed by atoms with Crippen molar-refractivity contribution in [2.75, 3.05) is 18.6 Å². The summed E-state index contributed by atoms with van der Waals surface area (Å²) in [5.41, 5.74) is 3.08. The third-order valence-corrected chi connectivity index (χ3v) is 5.36. The first-order chi connectivity index (χ1) is 14.2. The van der Waals surface area contributed by atoms with Gasteiger partial charge in [0.25, 0.3) is 0 Å². The van der Waals surface area contributed by atoms with Crippen molar-refractivity contribution in [2.24, 2.45) is 0 Å². The Balaban J connectivity index is 1.70. The Morgan fingerprint density at radius 3 is 2.47 bits per heavy atom. The Morgan fingerprint density at radius 2 is 1.83 bits per heavy atom. The maximum atomic E-state index is 12.5. The molecule has 0 saturated heterocycles. The Bertz CT molecular complexity index is 1090. The van der Waals surface area contributed by atoms with E-state index in [1.807, 2.05) is 56.1 Å². The van der Waals surface area contributed by atoms with Gasteiger partial charge in [0, 0.05) is 34.9 Å². The van der Waals surface area contributed by atoms with Gasteiger partial charge in [0.05, 0.1) is 0 Å². The van der Waals surface area contributed by atoms with Crippen molar-refractivity contribution >= 4 is 35.1 Å². The molecular formula is C24H21ClN2O3. The van der Waals surface area contributed by atoms with Crippen molar-refractivity contribution in [1.82, 2.24) is 0 Å². The molecule has 0 atom stereocenters. The van der Waals surface area contributed by atoms with Gasteiger partial charge in [0.15, 0.2) is 12.4 Å². The maximum absolute atomic E-state index is 12.5. The van der Waals surface area contributed by atoms with Gasteiger partial charge in [0.1, 0.15) is 11.6 Å². The lowest BCUT2D eigenvalue weighted by molar-refractivity contribution is -0.142. The lowest BCUT2D eigenvalue weighted by Gasteiger charge is -2.23. The van der Waals surface area contributed by atoms with Crippen LogP contribution in [-0.2, 0) is 19.7 Å². The first-order valence-corrected chi connectivity index (χ1v) is 9.74. The Labute approximate surface area is 180 Å². The Kier molecular flexibility index (Phi) is 6.09. The third-order valence-electron chi connectivity index (χ3n) is 5.11. The molecule has 0 fully saturated rings. The molecule has 1 heterocycles. The molecule has 0 spiro atoms. The maximum Gasteiger partial charge on any atom is 0.349 e. The van der Waals surface area contributed by atoms with Crippen LogP contribution in [0, 0.1) is 11.3 Å². The molecule has 30 heavy (non-hydrogen) atoms. The smallest absolute Gasteiger partial charge is 0.349 e. The van der Waals surface area contributed by atoms with E-state index in [1.54, 1.807) is 24.3 Å². The molecule has 2 aromatic rings. The van der Waals surface area contributed by atoms with Gasteiger partial charge in [-0.15, -0.1) is 0 Å². The van der Waals surface area contributed by atoms with Gasteiger partial charge < -0.3 is 9.64 Å². The topological polar surface area (TPSA) is 70.4 Å². The van der Waals surface area contributed by atoms with E-state index in [4.69, 9.17) is 16.3 Å². The molecule has 1 aliphatic rings. The van der Waals surface area contributed by atoms with E-state index in [0.29, 0.717) is 10.6 Å². The zero-order valence-electron chi connectivity index (χ0n) is 17.0. The summed E-state index contributed by atoms with van der Waals surface area (Å²) in [5, 5.41) is 9.81. The van der Waals surface area contributed by atoms with Crippen molar-refractivity contribution in [3.05, 3.63) is 82.0 Å². The average Bonchev–Trinajstić information content (AvgIpc) is 2.92. The molecule has 0 aliphatic carbocycles. The zero-order valence-corrected chi connectivity index (χ0v) is 17.7. The molecule has 5 nitrogen and oxygen atoms in total. The van der Waals surface area contributed by atoms with Gasteiger partial charge in [-0.05, 0) is 35.4 Å². The van der Waals surface area contributed by atoms with Gasteiger partial charge in [-0.1, -0.05) is 55.8 Å². The van der Waals surface area contributed by atoms with Crippen LogP contribution in [0.4, 0.5) is 5.69 Å². The molecule has 0 saturated carbocycles. The highest BCUT2D eigenvalue weighted by atomic mass is 35.5. The first-order valence-electron chi connectivity index (χ1n) is 9.37. The standard InChI is InChI=1S/C24H21ClN2O3/c1-24(2)20-6-4-5-7-21(20)27(3)22(24)13-19(28)15-30-23(29)17(14-26)12-16-8-10-18(25)11-9-16/h4-13H,15H2,1-3H3. The van der Waals surface area contributed by atoms with Crippen LogP contribution in [0.5, 0.6) is 0 Å². The summed E-state index contributed by atoms with van der Waals surface area (Å²) in [6.07, 6.45) is 2.90. The number of ether oxygens (including phenoxy) is 1. The summed E-state index contributed by atoms with van der Waals surface area (Å²) in [6.45, 7) is 3.65. The van der Waals surface area contributed by atoms with Gasteiger partial charge in [-0.2, -0.15) is 5.26 Å². The highest BCUT2D eigenvalue weighted by molar-refractivity contribution is 6.30. The minimum Gasteiger partial charge on any atom is -0.453 e. The molecule has 0 radical (unpaired) electrons. The van der Waals surface area contributed by atoms with Crippen LogP contribution >= 0.6 is 11.6 Å². The fraction of sp³-hybridized carbons (Fsp3) is 0.208. The molecular weight excluding hydrogens is 400 g/mol. The second-order valence-corrected chi connectivity index (χ2v) is 7.93. The Morgan fingerprint density at radius 1 is 1.17 bits per heavy atom. The number of para-hydroxylation sites is 1. The van der Waals surface area contributed by atoms with Crippen LogP contribution in [0.15, 0.2) is 65.9 Å². The predicted molar refractivity (Wildman–Crippen MR) is 117 cm³/mol. The van der Waals surface area contributed by atoms with Gasteiger partial charge in [-0.3, -0.25) is 4.79 Å². The van der Waals surface area contributed by atoms with Crippen LogP contribution in [0.3, 0.4) is 0 Å². The largest absolute Gasteiger partial charge is 0.453 e. The van der Waals surface area contributed by atoms with E-state index in [1.165, 1.54) is 12.2 Å². The van der Waals surface area contributed by atoms with Crippen LogP contribution in [-0.4, -0.2) is 25.4 Å². The molecule has 2 aromatic carbocycles. The SMILES string of the molecule is CN1C(=CC(=O)COC(=O)C(C#N)=Cc2ccc(Cl)cc2)C(C)(C)c2ccccc21. The molecule has 0 aromatic heterocycles. The minimum absolute atomic E-state index is 0.191. The number of nitriles is 1. The molecule has 0 amide bonds. The number of ketones is 1. The summed E-state index contributed by atoms with van der Waals surface area (Å²) in [5.74, 6) is -1.20. The summed E-state index contributed by atoms with van der Waals surface area (Å²) in [7, 11) is 1.90. The lowest BCUT2D eigenvalue weighted by Crippen LogP contribution is -2.25. The number of fused-ring (bicyclic) bond motifs is 1. The number of nitrogens with zero attached hydrogens (tertiary/aromatic N) is 2. The van der Waals surface area contributed by atoms with E-state index in [0.717, 1.165) is 16.9 Å². The highest BCUT2D eigenvalue weighted by Gasteiger charge is 2.38. The number of carbonyl (C=O) groups is 2. The lowest BCUT2D eigenvalue weighted by atomic mass is 9.83. The summed E-state index contributed by atoms with van der Waals surface area (Å²) in [4.78, 5) is 26.7. The number of carbonyl (C=O) groups excluding carboxylic acids is 2. The predicted octanol–water partition coefficient (Wildman–Crippen LogP) is 4.67. The number of benzene rings is 2. The van der Waals surface area contributed by atoms with Gasteiger partial charge >= 0.3 is 5.97 Å². The van der Waals surface area contributed by atoms with E-state index < -0.39 is 12.6 Å². The van der Waals surface area contributed by atoms with Crippen molar-refractivity contribution in [1.29, 1.82) is 5.26 Å². The number of esters is 1. The average molecular weight is 421 g/mol. The monoisotopic (exact) mass is 420 g/mol. The third kappa shape index (κ3) is 4.29.